The number of nitrogens with zero attached hydrogens (tertiary/aromatic N) is 1. The number of rotatable bonds is 7. The predicted molar refractivity (Wildman–Crippen MR) is 120 cm³/mol. The second-order valence-electron chi connectivity index (χ2n) is 6.69. The van der Waals surface area contributed by atoms with Gasteiger partial charge in [0.15, 0.2) is 9.84 Å². The summed E-state index contributed by atoms with van der Waals surface area (Å²) in [7, 11) is -3.37. The van der Waals surface area contributed by atoms with Gasteiger partial charge in [0.05, 0.1) is 17.1 Å². The molecule has 0 radical (unpaired) electrons. The SMILES string of the molecule is CCOc1ccc(Nc2ncccc2C(=O)NNC(=O)c2ccc(S(C)(=O)=O)cc2)cc1. The summed E-state index contributed by atoms with van der Waals surface area (Å²) in [5, 5.41) is 3.07. The average Bonchev–Trinajstić information content (AvgIpc) is 2.78. The van der Waals surface area contributed by atoms with Crippen molar-refractivity contribution in [3.8, 4) is 5.75 Å². The van der Waals surface area contributed by atoms with Gasteiger partial charge < -0.3 is 10.1 Å². The smallest absolute Gasteiger partial charge is 0.273 e. The summed E-state index contributed by atoms with van der Waals surface area (Å²) in [5.74, 6) is -0.138. The largest absolute Gasteiger partial charge is 0.494 e. The molecule has 0 saturated carbocycles. The van der Waals surface area contributed by atoms with Gasteiger partial charge in [0.2, 0.25) is 0 Å². The zero-order valence-corrected chi connectivity index (χ0v) is 18.3. The van der Waals surface area contributed by atoms with Crippen molar-refractivity contribution in [2.45, 2.75) is 11.8 Å². The standard InChI is InChI=1S/C22H22N4O5S/c1-3-31-17-10-8-16(9-11-17)24-20-19(5-4-14-23-20)22(28)26-25-21(27)15-6-12-18(13-7-15)32(2,29)30/h4-14H,3H2,1-2H3,(H,23,24)(H,25,27)(H,26,28). The van der Waals surface area contributed by atoms with Crippen molar-refractivity contribution < 1.29 is 22.7 Å². The number of benzene rings is 2. The van der Waals surface area contributed by atoms with Crippen molar-refractivity contribution in [3.05, 3.63) is 78.0 Å². The van der Waals surface area contributed by atoms with Crippen LogP contribution in [0.5, 0.6) is 5.75 Å². The number of hydrogen-bond donors (Lipinski definition) is 3. The van der Waals surface area contributed by atoms with E-state index in [2.05, 4.69) is 21.2 Å². The molecule has 0 aliphatic rings. The van der Waals surface area contributed by atoms with Gasteiger partial charge in [-0.1, -0.05) is 0 Å². The molecule has 2 amide bonds. The molecular formula is C22H22N4O5S. The fraction of sp³-hybridized carbons (Fsp3) is 0.136. The van der Waals surface area contributed by atoms with Gasteiger partial charge in [-0.25, -0.2) is 13.4 Å². The number of pyridine rings is 1. The van der Waals surface area contributed by atoms with E-state index in [1.165, 1.54) is 30.5 Å². The molecule has 0 fully saturated rings. The number of sulfone groups is 1. The normalized spacial score (nSPS) is 10.8. The molecule has 0 bridgehead atoms. The molecule has 0 atom stereocenters. The minimum atomic E-state index is -3.37. The third kappa shape index (κ3) is 5.82. The fourth-order valence-electron chi connectivity index (χ4n) is 2.73. The maximum Gasteiger partial charge on any atom is 0.273 e. The van der Waals surface area contributed by atoms with Gasteiger partial charge in [-0.05, 0) is 67.6 Å². The lowest BCUT2D eigenvalue weighted by molar-refractivity contribution is 0.0847. The lowest BCUT2D eigenvalue weighted by Gasteiger charge is -2.12. The molecule has 2 aromatic carbocycles. The van der Waals surface area contributed by atoms with E-state index in [1.807, 2.05) is 6.92 Å². The van der Waals surface area contributed by atoms with E-state index in [1.54, 1.807) is 36.4 Å². The Balaban J connectivity index is 1.66. The Hall–Kier alpha value is -3.92. The Morgan fingerprint density at radius 3 is 2.22 bits per heavy atom. The molecule has 1 aromatic heterocycles. The molecule has 10 heteroatoms. The Morgan fingerprint density at radius 1 is 0.938 bits per heavy atom. The second-order valence-corrected chi connectivity index (χ2v) is 8.70. The first-order valence-corrected chi connectivity index (χ1v) is 11.5. The molecule has 3 N–H and O–H groups in total. The van der Waals surface area contributed by atoms with Crippen molar-refractivity contribution in [2.75, 3.05) is 18.2 Å². The van der Waals surface area contributed by atoms with Crippen LogP contribution in [0.3, 0.4) is 0 Å². The predicted octanol–water partition coefficient (Wildman–Crippen LogP) is 2.70. The summed E-state index contributed by atoms with van der Waals surface area (Å²) in [5.41, 5.74) is 5.76. The summed E-state index contributed by atoms with van der Waals surface area (Å²) in [6, 6.07) is 15.7. The van der Waals surface area contributed by atoms with Crippen LogP contribution in [0.25, 0.3) is 0 Å². The van der Waals surface area contributed by atoms with Crippen LogP contribution in [0.4, 0.5) is 11.5 Å². The first-order valence-electron chi connectivity index (χ1n) is 9.63. The van der Waals surface area contributed by atoms with E-state index < -0.39 is 21.7 Å². The lowest BCUT2D eigenvalue weighted by atomic mass is 10.2. The Labute approximate surface area is 185 Å². The van der Waals surface area contributed by atoms with Crippen molar-refractivity contribution in [1.82, 2.24) is 15.8 Å². The van der Waals surface area contributed by atoms with Crippen LogP contribution in [0.15, 0.2) is 71.8 Å². The van der Waals surface area contributed by atoms with E-state index >= 15 is 0 Å². The maximum absolute atomic E-state index is 12.6. The van der Waals surface area contributed by atoms with E-state index in [4.69, 9.17) is 4.74 Å². The van der Waals surface area contributed by atoms with Crippen LogP contribution in [0, 0.1) is 0 Å². The van der Waals surface area contributed by atoms with Crippen molar-refractivity contribution in [3.63, 3.8) is 0 Å². The summed E-state index contributed by atoms with van der Waals surface area (Å²) in [6.45, 7) is 2.46. The minimum absolute atomic E-state index is 0.0958. The van der Waals surface area contributed by atoms with Gasteiger partial charge in [-0.3, -0.25) is 20.4 Å². The highest BCUT2D eigenvalue weighted by Crippen LogP contribution is 2.21. The second kappa shape index (κ2) is 9.92. The number of amides is 2. The number of anilines is 2. The van der Waals surface area contributed by atoms with Gasteiger partial charge in [0.1, 0.15) is 11.6 Å². The lowest BCUT2D eigenvalue weighted by Crippen LogP contribution is -2.41. The quantitative estimate of drug-likeness (QED) is 0.469. The van der Waals surface area contributed by atoms with Crippen LogP contribution < -0.4 is 20.9 Å². The molecule has 3 rings (SSSR count). The van der Waals surface area contributed by atoms with Gasteiger partial charge >= 0.3 is 0 Å². The van der Waals surface area contributed by atoms with Crippen molar-refractivity contribution >= 4 is 33.2 Å². The third-order valence-corrected chi connectivity index (χ3v) is 5.44. The van der Waals surface area contributed by atoms with E-state index in [9.17, 15) is 18.0 Å². The number of hydrazine groups is 1. The topological polar surface area (TPSA) is 126 Å². The van der Waals surface area contributed by atoms with E-state index in [-0.39, 0.29) is 16.0 Å². The third-order valence-electron chi connectivity index (χ3n) is 4.31. The molecule has 32 heavy (non-hydrogen) atoms. The number of aromatic nitrogens is 1. The molecule has 1 heterocycles. The average molecular weight is 455 g/mol. The van der Waals surface area contributed by atoms with Gasteiger partial charge in [0, 0.05) is 23.7 Å². The highest BCUT2D eigenvalue weighted by atomic mass is 32.2. The van der Waals surface area contributed by atoms with Crippen LogP contribution in [-0.2, 0) is 9.84 Å². The first-order chi connectivity index (χ1) is 15.3. The zero-order valence-electron chi connectivity index (χ0n) is 17.5. The van der Waals surface area contributed by atoms with Crippen LogP contribution in [-0.4, -0.2) is 38.1 Å². The molecular weight excluding hydrogens is 432 g/mol. The molecule has 0 aliphatic carbocycles. The molecule has 0 saturated heterocycles. The first kappa shape index (κ1) is 22.8. The van der Waals surface area contributed by atoms with E-state index in [0.29, 0.717) is 18.1 Å². The molecule has 3 aromatic rings. The summed E-state index contributed by atoms with van der Waals surface area (Å²) >= 11 is 0. The molecule has 166 valence electrons. The number of carbonyl (C=O) groups is 2. The highest BCUT2D eigenvalue weighted by Gasteiger charge is 2.15. The Kier molecular flexibility index (Phi) is 7.06. The van der Waals surface area contributed by atoms with E-state index in [0.717, 1.165) is 12.0 Å². The molecule has 0 aliphatic heterocycles. The monoisotopic (exact) mass is 454 g/mol. The number of nitrogens with one attached hydrogen (secondary N) is 3. The molecule has 0 unspecified atom stereocenters. The number of ether oxygens (including phenoxy) is 1. The summed E-state index contributed by atoms with van der Waals surface area (Å²) in [6.07, 6.45) is 2.62. The van der Waals surface area contributed by atoms with Gasteiger partial charge in [-0.15, -0.1) is 0 Å². The highest BCUT2D eigenvalue weighted by molar-refractivity contribution is 7.90. The van der Waals surface area contributed by atoms with Crippen molar-refractivity contribution in [2.24, 2.45) is 0 Å². The number of carbonyl (C=O) groups excluding carboxylic acids is 2. The molecule has 0 spiro atoms. The maximum atomic E-state index is 12.6. The molecule has 9 nitrogen and oxygen atoms in total. The van der Waals surface area contributed by atoms with Crippen LogP contribution in [0.2, 0.25) is 0 Å². The Bertz CT molecular complexity index is 1210. The van der Waals surface area contributed by atoms with Gasteiger partial charge in [-0.2, -0.15) is 0 Å². The number of hydrogen-bond acceptors (Lipinski definition) is 7. The summed E-state index contributed by atoms with van der Waals surface area (Å²) < 4.78 is 28.4. The zero-order chi connectivity index (χ0) is 23.1. The minimum Gasteiger partial charge on any atom is -0.494 e. The van der Waals surface area contributed by atoms with Crippen molar-refractivity contribution in [1.29, 1.82) is 0 Å². The Morgan fingerprint density at radius 2 is 1.59 bits per heavy atom. The fourth-order valence-corrected chi connectivity index (χ4v) is 3.36. The van der Waals surface area contributed by atoms with Crippen LogP contribution >= 0.6 is 0 Å². The summed E-state index contributed by atoms with van der Waals surface area (Å²) in [4.78, 5) is 29.2. The van der Waals surface area contributed by atoms with Gasteiger partial charge in [0.25, 0.3) is 11.8 Å². The van der Waals surface area contributed by atoms with Crippen LogP contribution in [0.1, 0.15) is 27.6 Å².